The summed E-state index contributed by atoms with van der Waals surface area (Å²) >= 11 is 0. The predicted octanol–water partition coefficient (Wildman–Crippen LogP) is 13.0. The number of nitrogens with zero attached hydrogens (tertiary/aromatic N) is 3. The number of amidine groups is 2. The molecule has 0 amide bonds. The molecule has 0 aliphatic carbocycles. The van der Waals surface area contributed by atoms with Gasteiger partial charge in [-0.1, -0.05) is 146 Å². The van der Waals surface area contributed by atoms with Crippen LogP contribution in [-0.2, 0) is 6.54 Å². The van der Waals surface area contributed by atoms with Crippen LogP contribution in [0.5, 0.6) is 0 Å². The van der Waals surface area contributed by atoms with Gasteiger partial charge >= 0.3 is 0 Å². The van der Waals surface area contributed by atoms with Crippen molar-refractivity contribution in [2.24, 2.45) is 15.0 Å². The Hall–Kier alpha value is -7.17. The van der Waals surface area contributed by atoms with Crippen molar-refractivity contribution in [3.63, 3.8) is 0 Å². The van der Waals surface area contributed by atoms with Crippen molar-refractivity contribution in [3.05, 3.63) is 193 Å². The summed E-state index contributed by atoms with van der Waals surface area (Å²) in [5.41, 5.74) is 6.47. The second-order valence-electron chi connectivity index (χ2n) is 13.6. The van der Waals surface area contributed by atoms with Crippen LogP contribution in [0.2, 0.25) is 0 Å². The maximum absolute atomic E-state index is 6.56. The van der Waals surface area contributed by atoms with E-state index < -0.39 is 0 Å². The Bertz CT molecular complexity index is 3120. The molecule has 10 aromatic rings. The predicted molar refractivity (Wildman–Crippen MR) is 228 cm³/mol. The molecule has 254 valence electrons. The van der Waals surface area contributed by atoms with Crippen LogP contribution >= 0.6 is 0 Å². The van der Waals surface area contributed by atoms with Crippen LogP contribution in [-0.4, -0.2) is 18.4 Å². The molecule has 10 rings (SSSR count). The molecular weight excluding hydrogens is 659 g/mol. The van der Waals surface area contributed by atoms with Gasteiger partial charge in [-0.15, -0.1) is 0 Å². The summed E-state index contributed by atoms with van der Waals surface area (Å²) in [6.07, 6.45) is 0. The summed E-state index contributed by atoms with van der Waals surface area (Å²) in [7, 11) is 0. The molecule has 9 aromatic carbocycles. The number of fused-ring (bicyclic) bond motifs is 10. The summed E-state index contributed by atoms with van der Waals surface area (Å²) < 4.78 is 6.56. The van der Waals surface area contributed by atoms with E-state index in [9.17, 15) is 0 Å². The lowest BCUT2D eigenvalue weighted by molar-refractivity contribution is 0.669. The van der Waals surface area contributed by atoms with E-state index in [1.165, 1.54) is 32.3 Å². The van der Waals surface area contributed by atoms with Gasteiger partial charge in [-0.25, -0.2) is 9.98 Å². The second-order valence-corrected chi connectivity index (χ2v) is 13.6. The molecule has 0 radical (unpaired) electrons. The SMILES string of the molecule is C=NC(=NC(=NCc1ccccc1)c1ccc2ccccc2c1)c1cc(-c2ccc3c4ccccc4c4ccccc4c3c2)cc2oc3ccccc3c12. The number of para-hydroxylation sites is 1. The Morgan fingerprint density at radius 3 is 1.83 bits per heavy atom. The minimum Gasteiger partial charge on any atom is -0.456 e. The topological polar surface area (TPSA) is 50.2 Å². The summed E-state index contributed by atoms with van der Waals surface area (Å²) in [4.78, 5) is 15.0. The monoisotopic (exact) mass is 691 g/mol. The first kappa shape index (κ1) is 31.6. The van der Waals surface area contributed by atoms with Crippen molar-refractivity contribution < 1.29 is 4.42 Å². The molecule has 0 bridgehead atoms. The zero-order chi connectivity index (χ0) is 36.0. The standard InChI is InChI=1S/C50H33N3O/c1-51-50(53-49(52-31-32-13-3-2-4-14-32)36-24-23-33-15-5-6-16-34(33)27-36)45-29-37(30-47-48(45)43-21-11-12-22-46(43)54-47)35-25-26-42-40-19-8-7-17-38(40)39-18-9-10-20-41(39)44(42)28-35/h2-30H,1,31H2. The van der Waals surface area contributed by atoms with E-state index in [4.69, 9.17) is 14.4 Å². The van der Waals surface area contributed by atoms with Gasteiger partial charge in [-0.05, 0) is 96.8 Å². The molecule has 4 nitrogen and oxygen atoms in total. The van der Waals surface area contributed by atoms with E-state index in [0.717, 1.165) is 60.5 Å². The van der Waals surface area contributed by atoms with E-state index in [2.05, 4.69) is 151 Å². The molecule has 1 aromatic heterocycles. The zero-order valence-corrected chi connectivity index (χ0v) is 29.4. The van der Waals surface area contributed by atoms with Crippen LogP contribution in [0.25, 0.3) is 76.2 Å². The smallest absolute Gasteiger partial charge is 0.161 e. The summed E-state index contributed by atoms with van der Waals surface area (Å²) in [6.45, 7) is 4.54. The average molecular weight is 692 g/mol. The van der Waals surface area contributed by atoms with Crippen LogP contribution in [0.4, 0.5) is 0 Å². The largest absolute Gasteiger partial charge is 0.456 e. The van der Waals surface area contributed by atoms with Crippen molar-refractivity contribution in [1.29, 1.82) is 0 Å². The highest BCUT2D eigenvalue weighted by Crippen LogP contribution is 2.40. The number of hydrogen-bond acceptors (Lipinski definition) is 2. The summed E-state index contributed by atoms with van der Waals surface area (Å²) in [5, 5.41) is 11.6. The van der Waals surface area contributed by atoms with Crippen molar-refractivity contribution in [2.45, 2.75) is 6.54 Å². The normalized spacial score (nSPS) is 12.4. The Morgan fingerprint density at radius 1 is 0.463 bits per heavy atom. The van der Waals surface area contributed by atoms with Gasteiger partial charge in [-0.3, -0.25) is 4.99 Å². The quantitative estimate of drug-likeness (QED) is 0.101. The van der Waals surface area contributed by atoms with Gasteiger partial charge in [0.1, 0.15) is 11.2 Å². The highest BCUT2D eigenvalue weighted by molar-refractivity contribution is 6.26. The number of hydrogen-bond donors (Lipinski definition) is 0. The highest BCUT2D eigenvalue weighted by atomic mass is 16.3. The fourth-order valence-electron chi connectivity index (χ4n) is 7.83. The second kappa shape index (κ2) is 13.1. The first-order chi connectivity index (χ1) is 26.7. The van der Waals surface area contributed by atoms with E-state index >= 15 is 0 Å². The molecule has 54 heavy (non-hydrogen) atoms. The summed E-state index contributed by atoms with van der Waals surface area (Å²) in [6, 6.07) is 61.5. The molecule has 1 heterocycles. The Morgan fingerprint density at radius 2 is 1.09 bits per heavy atom. The van der Waals surface area contributed by atoms with Gasteiger partial charge < -0.3 is 4.42 Å². The minimum absolute atomic E-state index is 0.473. The van der Waals surface area contributed by atoms with E-state index in [-0.39, 0.29) is 0 Å². The molecule has 0 unspecified atom stereocenters. The average Bonchev–Trinajstić information content (AvgIpc) is 3.62. The van der Waals surface area contributed by atoms with Crippen LogP contribution in [0, 0.1) is 0 Å². The van der Waals surface area contributed by atoms with Crippen LogP contribution in [0.3, 0.4) is 0 Å². The molecule has 0 spiro atoms. The van der Waals surface area contributed by atoms with Crippen molar-refractivity contribution in [2.75, 3.05) is 0 Å². The fraction of sp³-hybridized carbons (Fsp3) is 0.0200. The van der Waals surface area contributed by atoms with Gasteiger partial charge in [-0.2, -0.15) is 0 Å². The maximum atomic E-state index is 6.56. The fourth-order valence-corrected chi connectivity index (χ4v) is 7.83. The maximum Gasteiger partial charge on any atom is 0.161 e. The van der Waals surface area contributed by atoms with E-state index in [0.29, 0.717) is 18.2 Å². The molecule has 4 heteroatoms. The lowest BCUT2D eigenvalue weighted by Gasteiger charge is -2.13. The Balaban J connectivity index is 1.20. The van der Waals surface area contributed by atoms with Crippen molar-refractivity contribution >= 4 is 83.4 Å². The van der Waals surface area contributed by atoms with Gasteiger partial charge in [0.2, 0.25) is 0 Å². The van der Waals surface area contributed by atoms with Gasteiger partial charge in [0.15, 0.2) is 11.7 Å². The molecule has 0 N–H and O–H groups in total. The molecule has 0 atom stereocenters. The lowest BCUT2D eigenvalue weighted by atomic mass is 9.91. The van der Waals surface area contributed by atoms with Crippen molar-refractivity contribution in [1.82, 2.24) is 0 Å². The van der Waals surface area contributed by atoms with E-state index in [1.54, 1.807) is 0 Å². The van der Waals surface area contributed by atoms with E-state index in [1.807, 2.05) is 36.4 Å². The van der Waals surface area contributed by atoms with Crippen LogP contribution in [0.15, 0.2) is 195 Å². The first-order valence-electron chi connectivity index (χ1n) is 18.1. The zero-order valence-electron chi connectivity index (χ0n) is 29.4. The number of rotatable bonds is 5. The van der Waals surface area contributed by atoms with Crippen LogP contribution in [0.1, 0.15) is 16.7 Å². The summed E-state index contributed by atoms with van der Waals surface area (Å²) in [5.74, 6) is 1.06. The molecule has 0 aliphatic heterocycles. The van der Waals surface area contributed by atoms with Gasteiger partial charge in [0, 0.05) is 21.9 Å². The number of benzene rings is 9. The van der Waals surface area contributed by atoms with Crippen molar-refractivity contribution in [3.8, 4) is 11.1 Å². The van der Waals surface area contributed by atoms with Crippen LogP contribution < -0.4 is 0 Å². The van der Waals surface area contributed by atoms with Gasteiger partial charge in [0.25, 0.3) is 0 Å². The molecular formula is C50H33N3O. The Kier molecular flexibility index (Phi) is 7.66. The molecule has 0 fully saturated rings. The third-order valence-electron chi connectivity index (χ3n) is 10.4. The molecule has 0 saturated carbocycles. The third-order valence-corrected chi connectivity index (χ3v) is 10.4. The number of aliphatic imine (C=N–C) groups is 3. The highest BCUT2D eigenvalue weighted by Gasteiger charge is 2.19. The Labute approximate surface area is 312 Å². The minimum atomic E-state index is 0.473. The third kappa shape index (κ3) is 5.44. The lowest BCUT2D eigenvalue weighted by Crippen LogP contribution is -2.06. The number of furan rings is 1. The first-order valence-corrected chi connectivity index (χ1v) is 18.1. The van der Waals surface area contributed by atoms with Gasteiger partial charge in [0.05, 0.1) is 6.54 Å². The molecule has 0 saturated heterocycles. The molecule has 0 aliphatic rings.